The van der Waals surface area contributed by atoms with Gasteiger partial charge in [-0.3, -0.25) is 4.90 Å². The van der Waals surface area contributed by atoms with Gasteiger partial charge in [-0.2, -0.15) is 0 Å². The minimum atomic E-state index is 0.697. The molecule has 0 spiro atoms. The summed E-state index contributed by atoms with van der Waals surface area (Å²) in [6.45, 7) is 14.8. The van der Waals surface area contributed by atoms with Crippen molar-refractivity contribution >= 4 is 0 Å². The molecule has 118 valence electrons. The molecule has 1 unspecified atom stereocenters. The van der Waals surface area contributed by atoms with Crippen molar-refractivity contribution in [3.63, 3.8) is 0 Å². The van der Waals surface area contributed by atoms with Gasteiger partial charge in [0.15, 0.2) is 0 Å². The lowest BCUT2D eigenvalue weighted by atomic mass is 10.0. The number of hydrogen-bond donors (Lipinski definition) is 1. The molecule has 0 amide bonds. The van der Waals surface area contributed by atoms with E-state index in [1.54, 1.807) is 0 Å². The van der Waals surface area contributed by atoms with Gasteiger partial charge in [0.1, 0.15) is 0 Å². The zero-order valence-electron chi connectivity index (χ0n) is 14.3. The molecule has 1 N–H and O–H groups in total. The van der Waals surface area contributed by atoms with Crippen LogP contribution < -0.4 is 5.32 Å². The van der Waals surface area contributed by atoms with Crippen molar-refractivity contribution in [2.45, 2.75) is 59.0 Å². The van der Waals surface area contributed by atoms with Crippen LogP contribution in [-0.4, -0.2) is 61.7 Å². The highest BCUT2D eigenvalue weighted by Gasteiger charge is 2.17. The Kier molecular flexibility index (Phi) is 8.43. The Balaban J connectivity index is 2.12. The molecular weight excluding hydrogens is 246 g/mol. The van der Waals surface area contributed by atoms with Crippen LogP contribution in [0.15, 0.2) is 11.6 Å². The van der Waals surface area contributed by atoms with Crippen LogP contribution in [-0.2, 0) is 0 Å². The molecule has 0 aromatic rings. The Hall–Kier alpha value is -0.380. The smallest absolute Gasteiger partial charge is 0.0165 e. The zero-order chi connectivity index (χ0) is 15.0. The second-order valence-corrected chi connectivity index (χ2v) is 6.55. The third-order valence-corrected chi connectivity index (χ3v) is 4.59. The van der Waals surface area contributed by atoms with E-state index in [1.807, 2.05) is 0 Å². The largest absolute Gasteiger partial charge is 0.313 e. The maximum absolute atomic E-state index is 3.73. The number of likely N-dealkylation sites (N-methyl/N-ethyl adjacent to an activating group) is 1. The molecule has 0 aromatic heterocycles. The van der Waals surface area contributed by atoms with Crippen molar-refractivity contribution in [2.75, 3.05) is 39.8 Å². The lowest BCUT2D eigenvalue weighted by molar-refractivity contribution is 0.203. The first kappa shape index (κ1) is 17.7. The number of rotatable bonds is 8. The molecule has 1 saturated heterocycles. The molecule has 1 rings (SSSR count). The van der Waals surface area contributed by atoms with Crippen molar-refractivity contribution in [3.8, 4) is 0 Å². The Bertz CT molecular complexity index is 276. The lowest BCUT2D eigenvalue weighted by Gasteiger charge is -2.32. The lowest BCUT2D eigenvalue weighted by Crippen LogP contribution is -2.45. The second kappa shape index (κ2) is 9.54. The van der Waals surface area contributed by atoms with Crippen LogP contribution in [0.4, 0.5) is 0 Å². The van der Waals surface area contributed by atoms with Gasteiger partial charge >= 0.3 is 0 Å². The summed E-state index contributed by atoms with van der Waals surface area (Å²) in [7, 11) is 2.23. The summed E-state index contributed by atoms with van der Waals surface area (Å²) < 4.78 is 0. The molecule has 1 aliphatic rings. The highest BCUT2D eigenvalue weighted by Crippen LogP contribution is 2.10. The molecule has 20 heavy (non-hydrogen) atoms. The third-order valence-electron chi connectivity index (χ3n) is 4.59. The van der Waals surface area contributed by atoms with E-state index in [2.05, 4.69) is 55.9 Å². The van der Waals surface area contributed by atoms with E-state index in [1.165, 1.54) is 37.9 Å². The van der Waals surface area contributed by atoms with Crippen LogP contribution in [0.2, 0.25) is 0 Å². The van der Waals surface area contributed by atoms with Gasteiger partial charge in [0, 0.05) is 31.7 Å². The topological polar surface area (TPSA) is 18.5 Å². The third kappa shape index (κ3) is 6.87. The van der Waals surface area contributed by atoms with E-state index in [-0.39, 0.29) is 0 Å². The Labute approximate surface area is 126 Å². The SMILES string of the molecule is CCC(C)N(C)CCNC1CCN(CC=C(C)C)CC1. The number of nitrogens with one attached hydrogen (secondary N) is 1. The van der Waals surface area contributed by atoms with E-state index in [0.29, 0.717) is 6.04 Å². The fraction of sp³-hybridized carbons (Fsp3) is 0.882. The number of likely N-dealkylation sites (tertiary alicyclic amines) is 1. The summed E-state index contributed by atoms with van der Waals surface area (Å²) >= 11 is 0. The predicted molar refractivity (Wildman–Crippen MR) is 89.3 cm³/mol. The number of piperidine rings is 1. The molecule has 1 atom stereocenters. The molecule has 1 aliphatic heterocycles. The van der Waals surface area contributed by atoms with Crippen LogP contribution in [0.1, 0.15) is 47.0 Å². The highest BCUT2D eigenvalue weighted by molar-refractivity contribution is 4.95. The number of nitrogens with zero attached hydrogens (tertiary/aromatic N) is 2. The average molecular weight is 281 g/mol. The van der Waals surface area contributed by atoms with Gasteiger partial charge in [0.05, 0.1) is 0 Å². The Morgan fingerprint density at radius 2 is 2.00 bits per heavy atom. The normalized spacial score (nSPS) is 19.3. The van der Waals surface area contributed by atoms with Gasteiger partial charge in [-0.1, -0.05) is 18.6 Å². The van der Waals surface area contributed by atoms with Crippen molar-refractivity contribution in [1.29, 1.82) is 0 Å². The van der Waals surface area contributed by atoms with Gasteiger partial charge < -0.3 is 10.2 Å². The zero-order valence-corrected chi connectivity index (χ0v) is 14.3. The van der Waals surface area contributed by atoms with Crippen molar-refractivity contribution in [2.24, 2.45) is 0 Å². The fourth-order valence-electron chi connectivity index (χ4n) is 2.61. The van der Waals surface area contributed by atoms with E-state index in [0.717, 1.165) is 25.7 Å². The molecule has 0 bridgehead atoms. The maximum Gasteiger partial charge on any atom is 0.0165 e. The summed E-state index contributed by atoms with van der Waals surface area (Å²) in [5.41, 5.74) is 1.43. The molecular formula is C17H35N3. The van der Waals surface area contributed by atoms with Crippen molar-refractivity contribution < 1.29 is 0 Å². The van der Waals surface area contributed by atoms with Crippen LogP contribution in [0.5, 0.6) is 0 Å². The highest BCUT2D eigenvalue weighted by atomic mass is 15.2. The van der Waals surface area contributed by atoms with Gasteiger partial charge in [0.25, 0.3) is 0 Å². The van der Waals surface area contributed by atoms with Crippen LogP contribution in [0, 0.1) is 0 Å². The summed E-state index contributed by atoms with van der Waals surface area (Å²) in [5, 5.41) is 3.73. The summed E-state index contributed by atoms with van der Waals surface area (Å²) in [4.78, 5) is 5.02. The van der Waals surface area contributed by atoms with Gasteiger partial charge in [-0.05, 0) is 60.2 Å². The fourth-order valence-corrected chi connectivity index (χ4v) is 2.61. The molecule has 0 radical (unpaired) electrons. The molecule has 0 saturated carbocycles. The van der Waals surface area contributed by atoms with Gasteiger partial charge in [-0.25, -0.2) is 0 Å². The predicted octanol–water partition coefficient (Wildman–Crippen LogP) is 2.74. The Morgan fingerprint density at radius 1 is 1.35 bits per heavy atom. The first-order valence-electron chi connectivity index (χ1n) is 8.32. The van der Waals surface area contributed by atoms with Crippen molar-refractivity contribution in [1.82, 2.24) is 15.1 Å². The molecule has 3 nitrogen and oxygen atoms in total. The number of allylic oxidation sites excluding steroid dienone is 1. The monoisotopic (exact) mass is 281 g/mol. The molecule has 1 fully saturated rings. The molecule has 1 heterocycles. The standard InChI is InChI=1S/C17H35N3/c1-6-16(4)19(5)14-10-18-17-8-12-20(13-9-17)11-7-15(2)3/h7,16-18H,6,8-14H2,1-5H3. The quantitative estimate of drug-likeness (QED) is 0.690. The summed E-state index contributed by atoms with van der Waals surface area (Å²) in [6.07, 6.45) is 6.17. The number of hydrogen-bond acceptors (Lipinski definition) is 3. The van der Waals surface area contributed by atoms with E-state index < -0.39 is 0 Å². The van der Waals surface area contributed by atoms with Crippen LogP contribution >= 0.6 is 0 Å². The van der Waals surface area contributed by atoms with Crippen LogP contribution in [0.3, 0.4) is 0 Å². The molecule has 3 heteroatoms. The van der Waals surface area contributed by atoms with E-state index in [4.69, 9.17) is 0 Å². The molecule has 0 aromatic carbocycles. The van der Waals surface area contributed by atoms with E-state index >= 15 is 0 Å². The molecule has 0 aliphatic carbocycles. The van der Waals surface area contributed by atoms with E-state index in [9.17, 15) is 0 Å². The second-order valence-electron chi connectivity index (χ2n) is 6.55. The first-order chi connectivity index (χ1) is 9.52. The van der Waals surface area contributed by atoms with Gasteiger partial charge in [0.2, 0.25) is 0 Å². The minimum absolute atomic E-state index is 0.697. The summed E-state index contributed by atoms with van der Waals surface area (Å²) in [6, 6.07) is 1.42. The maximum atomic E-state index is 3.73. The van der Waals surface area contributed by atoms with Crippen molar-refractivity contribution in [3.05, 3.63) is 11.6 Å². The average Bonchev–Trinajstić information content (AvgIpc) is 2.45. The van der Waals surface area contributed by atoms with Gasteiger partial charge in [-0.15, -0.1) is 0 Å². The first-order valence-corrected chi connectivity index (χ1v) is 8.32. The summed E-state index contributed by atoms with van der Waals surface area (Å²) in [5.74, 6) is 0. The van der Waals surface area contributed by atoms with Crippen LogP contribution in [0.25, 0.3) is 0 Å². The Morgan fingerprint density at radius 3 is 2.55 bits per heavy atom. The minimum Gasteiger partial charge on any atom is -0.313 e.